The van der Waals surface area contributed by atoms with E-state index in [9.17, 15) is 9.59 Å². The van der Waals surface area contributed by atoms with Crippen LogP contribution in [0.1, 0.15) is 30.4 Å². The molecule has 0 fully saturated rings. The Balaban J connectivity index is 1.60. The first-order valence-corrected chi connectivity index (χ1v) is 9.64. The van der Waals surface area contributed by atoms with E-state index in [-0.39, 0.29) is 17.3 Å². The van der Waals surface area contributed by atoms with E-state index in [1.54, 1.807) is 42.6 Å². The van der Waals surface area contributed by atoms with Gasteiger partial charge in [0.15, 0.2) is 5.69 Å². The fraction of sp³-hybridized carbons (Fsp3) is 0.130. The average molecular weight is 399 g/mol. The van der Waals surface area contributed by atoms with Crippen molar-refractivity contribution in [3.8, 4) is 0 Å². The van der Waals surface area contributed by atoms with Crippen molar-refractivity contribution in [1.29, 1.82) is 0 Å². The summed E-state index contributed by atoms with van der Waals surface area (Å²) in [6.45, 7) is 3.71. The van der Waals surface area contributed by atoms with Crippen LogP contribution in [0.5, 0.6) is 0 Å². The summed E-state index contributed by atoms with van der Waals surface area (Å²) in [5.74, 6) is 0.266. The molecule has 2 N–H and O–H groups in total. The lowest BCUT2D eigenvalue weighted by Crippen LogP contribution is -2.28. The molecule has 4 rings (SSSR count). The van der Waals surface area contributed by atoms with Crippen molar-refractivity contribution in [3.63, 3.8) is 0 Å². The number of nitrogens with one attached hydrogen (secondary N) is 2. The number of hydrogen-bond donors (Lipinski definition) is 2. The summed E-state index contributed by atoms with van der Waals surface area (Å²) in [6, 6.07) is 20.1. The van der Waals surface area contributed by atoms with Crippen molar-refractivity contribution in [3.05, 3.63) is 89.0 Å². The van der Waals surface area contributed by atoms with Crippen molar-refractivity contribution in [2.75, 3.05) is 10.6 Å². The van der Waals surface area contributed by atoms with E-state index in [1.807, 2.05) is 44.2 Å². The van der Waals surface area contributed by atoms with Crippen LogP contribution >= 0.6 is 0 Å². The largest absolute Gasteiger partial charge is 0.340 e. The molecule has 0 unspecified atom stereocenters. The third-order valence-corrected chi connectivity index (χ3v) is 4.60. The number of rotatable bonds is 5. The predicted octanol–water partition coefficient (Wildman–Crippen LogP) is 4.37. The van der Waals surface area contributed by atoms with Gasteiger partial charge < -0.3 is 10.6 Å². The molecule has 30 heavy (non-hydrogen) atoms. The monoisotopic (exact) mass is 399 g/mol. The van der Waals surface area contributed by atoms with Crippen LogP contribution in [-0.2, 0) is 0 Å². The van der Waals surface area contributed by atoms with Gasteiger partial charge in [-0.15, -0.1) is 0 Å². The Morgan fingerprint density at radius 1 is 0.900 bits per heavy atom. The highest BCUT2D eigenvalue weighted by Gasteiger charge is 2.18. The molecule has 7 heteroatoms. The molecule has 2 aromatic heterocycles. The number of anilines is 3. The molecule has 4 aromatic rings. The topological polar surface area (TPSA) is 88.9 Å². The number of nitrogens with zero attached hydrogens (tertiary/aromatic N) is 3. The summed E-state index contributed by atoms with van der Waals surface area (Å²) in [5.41, 5.74) is 1.45. The van der Waals surface area contributed by atoms with Crippen molar-refractivity contribution < 1.29 is 4.79 Å². The summed E-state index contributed by atoms with van der Waals surface area (Å²) >= 11 is 0. The summed E-state index contributed by atoms with van der Waals surface area (Å²) < 4.78 is 1.34. The zero-order chi connectivity index (χ0) is 21.1. The summed E-state index contributed by atoms with van der Waals surface area (Å²) in [4.78, 5) is 29.9. The van der Waals surface area contributed by atoms with Crippen LogP contribution in [0.4, 0.5) is 17.2 Å². The minimum Gasteiger partial charge on any atom is -0.340 e. The van der Waals surface area contributed by atoms with E-state index in [1.165, 1.54) is 4.68 Å². The van der Waals surface area contributed by atoms with Gasteiger partial charge in [-0.05, 0) is 44.2 Å². The number of aromatic nitrogens is 3. The fourth-order valence-corrected chi connectivity index (χ4v) is 3.13. The number of hydrogen-bond acceptors (Lipinski definition) is 5. The standard InChI is InChI=1S/C23H21N5O2/c1-15(2)28-23(30)19-11-7-6-10-18(19)21(27-28)22(29)26-17-12-13-20(24-14-17)25-16-8-4-3-5-9-16/h3-15H,1-2H3,(H,24,25)(H,26,29). The maximum absolute atomic E-state index is 13.0. The second-order valence-corrected chi connectivity index (χ2v) is 7.11. The second kappa shape index (κ2) is 8.16. The molecule has 0 saturated heterocycles. The van der Waals surface area contributed by atoms with Gasteiger partial charge in [0.25, 0.3) is 11.5 Å². The number of pyridine rings is 1. The van der Waals surface area contributed by atoms with E-state index >= 15 is 0 Å². The SMILES string of the molecule is CC(C)n1nc(C(=O)Nc2ccc(Nc3ccccc3)nc2)c2ccccc2c1=O. The molecule has 1 amide bonds. The average Bonchev–Trinajstić information content (AvgIpc) is 2.76. The van der Waals surface area contributed by atoms with E-state index in [0.29, 0.717) is 22.3 Å². The highest BCUT2D eigenvalue weighted by molar-refractivity contribution is 6.11. The first-order valence-electron chi connectivity index (χ1n) is 9.64. The van der Waals surface area contributed by atoms with Crippen molar-refractivity contribution >= 4 is 33.9 Å². The molecule has 0 aliphatic carbocycles. The van der Waals surface area contributed by atoms with Gasteiger partial charge in [0.2, 0.25) is 0 Å². The number of fused-ring (bicyclic) bond motifs is 1. The van der Waals surface area contributed by atoms with Gasteiger partial charge in [-0.3, -0.25) is 9.59 Å². The molecule has 0 bridgehead atoms. The molecule has 0 saturated carbocycles. The van der Waals surface area contributed by atoms with Crippen LogP contribution in [0.3, 0.4) is 0 Å². The third kappa shape index (κ3) is 3.91. The highest BCUT2D eigenvalue weighted by Crippen LogP contribution is 2.18. The van der Waals surface area contributed by atoms with Crippen molar-refractivity contribution in [2.45, 2.75) is 19.9 Å². The van der Waals surface area contributed by atoms with Gasteiger partial charge in [0.1, 0.15) is 5.82 Å². The Morgan fingerprint density at radius 3 is 2.27 bits per heavy atom. The van der Waals surface area contributed by atoms with Gasteiger partial charge in [-0.1, -0.05) is 36.4 Å². The second-order valence-electron chi connectivity index (χ2n) is 7.11. The summed E-state index contributed by atoms with van der Waals surface area (Å²) in [7, 11) is 0. The molecule has 0 atom stereocenters. The van der Waals surface area contributed by atoms with Crippen LogP contribution < -0.4 is 16.2 Å². The van der Waals surface area contributed by atoms with E-state index in [2.05, 4.69) is 20.7 Å². The van der Waals surface area contributed by atoms with Gasteiger partial charge in [0, 0.05) is 11.1 Å². The number of carbonyl (C=O) groups is 1. The van der Waals surface area contributed by atoms with Crippen LogP contribution in [0.25, 0.3) is 10.8 Å². The minimum atomic E-state index is -0.397. The van der Waals surface area contributed by atoms with E-state index < -0.39 is 5.91 Å². The Bertz CT molecular complexity index is 1250. The quantitative estimate of drug-likeness (QED) is 0.520. The Labute approximate surface area is 173 Å². The molecular weight excluding hydrogens is 378 g/mol. The maximum Gasteiger partial charge on any atom is 0.276 e. The molecule has 0 aliphatic heterocycles. The van der Waals surface area contributed by atoms with E-state index in [4.69, 9.17) is 0 Å². The first-order chi connectivity index (χ1) is 14.5. The van der Waals surface area contributed by atoms with Crippen molar-refractivity contribution in [2.24, 2.45) is 0 Å². The summed E-state index contributed by atoms with van der Waals surface area (Å²) in [6.07, 6.45) is 1.57. The predicted molar refractivity (Wildman–Crippen MR) is 118 cm³/mol. The van der Waals surface area contributed by atoms with Gasteiger partial charge in [0.05, 0.1) is 23.3 Å². The number of carbonyl (C=O) groups excluding carboxylic acids is 1. The lowest BCUT2D eigenvalue weighted by atomic mass is 10.1. The fourth-order valence-electron chi connectivity index (χ4n) is 3.13. The lowest BCUT2D eigenvalue weighted by Gasteiger charge is -2.13. The minimum absolute atomic E-state index is 0.168. The molecule has 2 aromatic carbocycles. The molecular formula is C23H21N5O2. The number of benzene rings is 2. The van der Waals surface area contributed by atoms with Gasteiger partial charge in [-0.2, -0.15) is 5.10 Å². The Kier molecular flexibility index (Phi) is 5.26. The van der Waals surface area contributed by atoms with Crippen LogP contribution in [-0.4, -0.2) is 20.7 Å². The smallest absolute Gasteiger partial charge is 0.276 e. The third-order valence-electron chi connectivity index (χ3n) is 4.60. The number of amides is 1. The maximum atomic E-state index is 13.0. The summed E-state index contributed by atoms with van der Waals surface area (Å²) in [5, 5.41) is 11.3. The molecule has 0 radical (unpaired) electrons. The normalized spacial score (nSPS) is 10.9. The Morgan fingerprint density at radius 2 is 1.60 bits per heavy atom. The zero-order valence-electron chi connectivity index (χ0n) is 16.7. The number of para-hydroxylation sites is 1. The molecule has 0 spiro atoms. The van der Waals surface area contributed by atoms with Gasteiger partial charge >= 0.3 is 0 Å². The molecule has 0 aliphatic rings. The van der Waals surface area contributed by atoms with Crippen LogP contribution in [0.2, 0.25) is 0 Å². The van der Waals surface area contributed by atoms with Crippen LogP contribution in [0, 0.1) is 0 Å². The first kappa shape index (κ1) is 19.3. The zero-order valence-corrected chi connectivity index (χ0v) is 16.7. The van der Waals surface area contributed by atoms with Crippen LogP contribution in [0.15, 0.2) is 77.7 Å². The lowest BCUT2D eigenvalue weighted by molar-refractivity contribution is 0.102. The molecule has 2 heterocycles. The molecule has 7 nitrogen and oxygen atoms in total. The highest BCUT2D eigenvalue weighted by atomic mass is 16.2. The van der Waals surface area contributed by atoms with Gasteiger partial charge in [-0.25, -0.2) is 9.67 Å². The van der Waals surface area contributed by atoms with E-state index in [0.717, 1.165) is 5.69 Å². The molecule has 150 valence electrons. The Hall–Kier alpha value is -4.00. The van der Waals surface area contributed by atoms with Crippen molar-refractivity contribution in [1.82, 2.24) is 14.8 Å².